The number of carbonyl (C=O) groups is 1. The van der Waals surface area contributed by atoms with Gasteiger partial charge in [0.05, 0.1) is 0 Å². The van der Waals surface area contributed by atoms with Gasteiger partial charge in [0.2, 0.25) is 5.91 Å². The Bertz CT molecular complexity index is 340. The summed E-state index contributed by atoms with van der Waals surface area (Å²) in [6, 6.07) is 1.20. The van der Waals surface area contributed by atoms with Gasteiger partial charge in [-0.2, -0.15) is 0 Å². The zero-order valence-electron chi connectivity index (χ0n) is 13.5. The molecule has 4 heteroatoms. The third kappa shape index (κ3) is 4.43. The summed E-state index contributed by atoms with van der Waals surface area (Å²) in [6.07, 6.45) is 8.40. The maximum Gasteiger partial charge on any atom is 0.219 e. The fourth-order valence-corrected chi connectivity index (χ4v) is 3.89. The Morgan fingerprint density at radius 1 is 1.00 bits per heavy atom. The number of hydrogen-bond acceptors (Lipinski definition) is 3. The van der Waals surface area contributed by atoms with Crippen molar-refractivity contribution in [2.45, 2.75) is 64.0 Å². The van der Waals surface area contributed by atoms with Crippen molar-refractivity contribution >= 4 is 5.91 Å². The second kappa shape index (κ2) is 7.10. The summed E-state index contributed by atoms with van der Waals surface area (Å²) in [5.74, 6) is 1.24. The van der Waals surface area contributed by atoms with Crippen LogP contribution in [-0.2, 0) is 4.79 Å². The molecule has 120 valence electrons. The summed E-state index contributed by atoms with van der Waals surface area (Å²) < 4.78 is 0. The van der Waals surface area contributed by atoms with Crippen LogP contribution in [0.2, 0.25) is 0 Å². The number of carbonyl (C=O) groups excluding carboxylic acids is 1. The predicted octanol–water partition coefficient (Wildman–Crippen LogP) is 1.85. The van der Waals surface area contributed by atoms with E-state index in [1.165, 1.54) is 71.2 Å². The summed E-state index contributed by atoms with van der Waals surface area (Å²) in [5.41, 5.74) is 0. The lowest BCUT2D eigenvalue weighted by Crippen LogP contribution is -2.52. The monoisotopic (exact) mass is 293 g/mol. The molecular formula is C17H31N3O. The molecule has 2 saturated carbocycles. The highest BCUT2D eigenvalue weighted by Crippen LogP contribution is 2.30. The molecule has 3 fully saturated rings. The van der Waals surface area contributed by atoms with Gasteiger partial charge < -0.3 is 10.2 Å². The molecule has 0 radical (unpaired) electrons. The van der Waals surface area contributed by atoms with E-state index in [-0.39, 0.29) is 5.91 Å². The van der Waals surface area contributed by atoms with Crippen LogP contribution in [0.5, 0.6) is 0 Å². The normalized spacial score (nSPS) is 32.0. The largest absolute Gasteiger partial charge is 0.353 e. The predicted molar refractivity (Wildman–Crippen MR) is 85.2 cm³/mol. The van der Waals surface area contributed by atoms with E-state index in [2.05, 4.69) is 15.1 Å². The molecular weight excluding hydrogens is 262 g/mol. The maximum absolute atomic E-state index is 11.5. The van der Waals surface area contributed by atoms with Crippen molar-refractivity contribution in [3.63, 3.8) is 0 Å². The van der Waals surface area contributed by atoms with Crippen molar-refractivity contribution in [3.05, 3.63) is 0 Å². The molecule has 0 aromatic rings. The average molecular weight is 293 g/mol. The average Bonchev–Trinajstić information content (AvgIpc) is 3.33. The van der Waals surface area contributed by atoms with Crippen LogP contribution in [0.1, 0.15) is 51.9 Å². The van der Waals surface area contributed by atoms with Crippen LogP contribution in [-0.4, -0.2) is 60.5 Å². The van der Waals surface area contributed by atoms with E-state index in [1.54, 1.807) is 0 Å². The minimum Gasteiger partial charge on any atom is -0.353 e. The van der Waals surface area contributed by atoms with Crippen molar-refractivity contribution < 1.29 is 4.79 Å². The quantitative estimate of drug-likeness (QED) is 0.840. The van der Waals surface area contributed by atoms with Gasteiger partial charge in [0.15, 0.2) is 0 Å². The molecule has 3 aliphatic rings. The van der Waals surface area contributed by atoms with Crippen molar-refractivity contribution in [3.8, 4) is 0 Å². The van der Waals surface area contributed by atoms with Crippen LogP contribution in [0.3, 0.4) is 0 Å². The topological polar surface area (TPSA) is 35.6 Å². The zero-order chi connectivity index (χ0) is 14.7. The SMILES string of the molecule is CCC(=O)NC1CCC(N2CCN(CC3CC3)CC2)CC1. The number of nitrogens with one attached hydrogen (secondary N) is 1. The molecule has 0 aromatic heterocycles. The van der Waals surface area contributed by atoms with Gasteiger partial charge in [-0.3, -0.25) is 9.69 Å². The Kier molecular flexibility index (Phi) is 5.17. The summed E-state index contributed by atoms with van der Waals surface area (Å²) in [4.78, 5) is 16.8. The number of piperazine rings is 1. The van der Waals surface area contributed by atoms with Gasteiger partial charge in [-0.1, -0.05) is 6.92 Å². The Balaban J connectivity index is 1.36. The molecule has 1 saturated heterocycles. The van der Waals surface area contributed by atoms with Crippen LogP contribution in [0.15, 0.2) is 0 Å². The highest BCUT2D eigenvalue weighted by atomic mass is 16.1. The summed E-state index contributed by atoms with van der Waals surface area (Å²) >= 11 is 0. The van der Waals surface area contributed by atoms with E-state index in [0.717, 1.165) is 12.0 Å². The molecule has 1 N–H and O–H groups in total. The molecule has 1 amide bonds. The first kappa shape index (κ1) is 15.3. The molecule has 1 aliphatic heterocycles. The molecule has 0 aromatic carbocycles. The highest BCUT2D eigenvalue weighted by molar-refractivity contribution is 5.75. The molecule has 3 rings (SSSR count). The fourth-order valence-electron chi connectivity index (χ4n) is 3.89. The number of amides is 1. The molecule has 0 spiro atoms. The Labute approximate surface area is 129 Å². The van der Waals surface area contributed by atoms with Crippen molar-refractivity contribution in [1.29, 1.82) is 0 Å². The molecule has 21 heavy (non-hydrogen) atoms. The van der Waals surface area contributed by atoms with Crippen LogP contribution in [0, 0.1) is 5.92 Å². The summed E-state index contributed by atoms with van der Waals surface area (Å²) in [5, 5.41) is 3.16. The minimum atomic E-state index is 0.215. The lowest BCUT2D eigenvalue weighted by molar-refractivity contribution is -0.121. The van der Waals surface area contributed by atoms with E-state index in [9.17, 15) is 4.79 Å². The number of hydrogen-bond donors (Lipinski definition) is 1. The summed E-state index contributed by atoms with van der Waals surface area (Å²) in [7, 11) is 0. The van der Waals surface area contributed by atoms with Crippen molar-refractivity contribution in [2.24, 2.45) is 5.92 Å². The van der Waals surface area contributed by atoms with Gasteiger partial charge in [0, 0.05) is 51.2 Å². The van der Waals surface area contributed by atoms with Crippen LogP contribution >= 0.6 is 0 Å². The van der Waals surface area contributed by atoms with Crippen LogP contribution in [0.25, 0.3) is 0 Å². The molecule has 1 heterocycles. The third-order valence-electron chi connectivity index (χ3n) is 5.52. The Morgan fingerprint density at radius 3 is 2.24 bits per heavy atom. The van der Waals surface area contributed by atoms with E-state index >= 15 is 0 Å². The standard InChI is InChI=1S/C17H31N3O/c1-2-17(21)18-15-5-7-16(8-6-15)20-11-9-19(10-12-20)13-14-3-4-14/h14-16H,2-13H2,1H3,(H,18,21). The van der Waals surface area contributed by atoms with E-state index in [1.807, 2.05) is 6.92 Å². The lowest BCUT2D eigenvalue weighted by Gasteiger charge is -2.42. The highest BCUT2D eigenvalue weighted by Gasteiger charge is 2.30. The molecule has 2 aliphatic carbocycles. The van der Waals surface area contributed by atoms with Gasteiger partial charge in [0.1, 0.15) is 0 Å². The van der Waals surface area contributed by atoms with Crippen molar-refractivity contribution in [2.75, 3.05) is 32.7 Å². The third-order valence-corrected chi connectivity index (χ3v) is 5.52. The minimum absolute atomic E-state index is 0.215. The molecule has 0 unspecified atom stereocenters. The Hall–Kier alpha value is -0.610. The fraction of sp³-hybridized carbons (Fsp3) is 0.941. The first-order valence-corrected chi connectivity index (χ1v) is 9.00. The maximum atomic E-state index is 11.5. The van der Waals surface area contributed by atoms with Crippen LogP contribution in [0.4, 0.5) is 0 Å². The molecule has 0 atom stereocenters. The van der Waals surface area contributed by atoms with Gasteiger partial charge in [-0.15, -0.1) is 0 Å². The first-order valence-electron chi connectivity index (χ1n) is 9.00. The van der Waals surface area contributed by atoms with Crippen LogP contribution < -0.4 is 5.32 Å². The van der Waals surface area contributed by atoms with E-state index in [0.29, 0.717) is 12.5 Å². The van der Waals surface area contributed by atoms with Gasteiger partial charge in [-0.25, -0.2) is 0 Å². The van der Waals surface area contributed by atoms with E-state index in [4.69, 9.17) is 0 Å². The van der Waals surface area contributed by atoms with Crippen molar-refractivity contribution in [1.82, 2.24) is 15.1 Å². The summed E-state index contributed by atoms with van der Waals surface area (Å²) in [6.45, 7) is 8.32. The number of nitrogens with zero attached hydrogens (tertiary/aromatic N) is 2. The molecule has 4 nitrogen and oxygen atoms in total. The second-order valence-electron chi connectivity index (χ2n) is 7.21. The lowest BCUT2D eigenvalue weighted by atomic mass is 9.89. The molecule has 0 bridgehead atoms. The zero-order valence-corrected chi connectivity index (χ0v) is 13.5. The first-order chi connectivity index (χ1) is 10.2. The smallest absolute Gasteiger partial charge is 0.219 e. The van der Waals surface area contributed by atoms with Gasteiger partial charge in [0.25, 0.3) is 0 Å². The van der Waals surface area contributed by atoms with Gasteiger partial charge >= 0.3 is 0 Å². The Morgan fingerprint density at radius 2 is 1.67 bits per heavy atom. The van der Waals surface area contributed by atoms with Gasteiger partial charge in [-0.05, 0) is 44.4 Å². The van der Waals surface area contributed by atoms with E-state index < -0.39 is 0 Å². The second-order valence-corrected chi connectivity index (χ2v) is 7.21. The number of rotatable bonds is 5.